The molecule has 0 radical (unpaired) electrons. The minimum atomic E-state index is -0.559. The van der Waals surface area contributed by atoms with Gasteiger partial charge in [0, 0.05) is 6.54 Å². The lowest BCUT2D eigenvalue weighted by Crippen LogP contribution is -2.54. The first-order chi connectivity index (χ1) is 8.29. The zero-order valence-corrected chi connectivity index (χ0v) is 13.5. The van der Waals surface area contributed by atoms with Crippen LogP contribution in [0.3, 0.4) is 0 Å². The molecule has 0 aromatic carbocycles. The van der Waals surface area contributed by atoms with E-state index in [1.54, 1.807) is 0 Å². The zero-order chi connectivity index (χ0) is 13.9. The molecular weight excluding hydrogens is 347 g/mol. The molecule has 0 spiro atoms. The summed E-state index contributed by atoms with van der Waals surface area (Å²) >= 11 is 2.30. The molecule has 5 nitrogen and oxygen atoms in total. The summed E-state index contributed by atoms with van der Waals surface area (Å²) in [4.78, 5) is 25.7. The highest BCUT2D eigenvalue weighted by molar-refractivity contribution is 14.1. The average Bonchev–Trinajstić information content (AvgIpc) is 2.64. The third-order valence-corrected chi connectivity index (χ3v) is 4.36. The number of hydrogen-bond donors (Lipinski definition) is 1. The predicted octanol–water partition coefficient (Wildman–Crippen LogP) is 2.14. The first-order valence-electron chi connectivity index (χ1n) is 6.14. The van der Waals surface area contributed by atoms with Gasteiger partial charge in [-0.1, -0.05) is 36.4 Å². The van der Waals surface area contributed by atoms with Gasteiger partial charge in [0.25, 0.3) is 0 Å². The van der Waals surface area contributed by atoms with Crippen molar-refractivity contribution < 1.29 is 14.3 Å². The predicted molar refractivity (Wildman–Crippen MR) is 77.5 cm³/mol. The topological polar surface area (TPSA) is 58.6 Å². The molecule has 2 atom stereocenters. The summed E-state index contributed by atoms with van der Waals surface area (Å²) in [5, 5.41) is 2.62. The second-order valence-corrected chi connectivity index (χ2v) is 7.42. The maximum Gasteiger partial charge on any atom is 0.407 e. The second kappa shape index (κ2) is 6.08. The number of nitrogens with zero attached hydrogens (tertiary/aromatic N) is 1. The first-order valence-corrected chi connectivity index (χ1v) is 7.22. The second-order valence-electron chi connectivity index (χ2n) is 5.09. The van der Waals surface area contributed by atoms with Crippen molar-refractivity contribution in [2.24, 2.45) is 5.92 Å². The monoisotopic (exact) mass is 368 g/mol. The Bertz CT molecular complexity index is 331. The van der Waals surface area contributed by atoms with E-state index in [1.807, 2.05) is 25.7 Å². The average molecular weight is 368 g/mol. The molecule has 1 N–H and O–H groups in total. The van der Waals surface area contributed by atoms with Crippen LogP contribution in [-0.4, -0.2) is 40.1 Å². The summed E-state index contributed by atoms with van der Waals surface area (Å²) in [5.41, 5.74) is 0. The van der Waals surface area contributed by atoms with E-state index >= 15 is 0 Å². The molecule has 0 aromatic heterocycles. The van der Waals surface area contributed by atoms with E-state index in [0.717, 1.165) is 19.4 Å². The quantitative estimate of drug-likeness (QED) is 0.472. The molecule has 104 valence electrons. The van der Waals surface area contributed by atoms with Crippen molar-refractivity contribution in [1.29, 1.82) is 0 Å². The van der Waals surface area contributed by atoms with E-state index < -0.39 is 12.1 Å². The fraction of sp³-hybridized carbons (Fsp3) is 0.833. The molecule has 1 heterocycles. The molecule has 2 amide bonds. The molecule has 1 saturated heterocycles. The van der Waals surface area contributed by atoms with Crippen LogP contribution in [0.15, 0.2) is 0 Å². The van der Waals surface area contributed by atoms with Crippen molar-refractivity contribution >= 4 is 34.6 Å². The van der Waals surface area contributed by atoms with Gasteiger partial charge in [0.05, 0.1) is 10.7 Å². The van der Waals surface area contributed by atoms with Gasteiger partial charge < -0.3 is 15.0 Å². The molecule has 0 aromatic rings. The van der Waals surface area contributed by atoms with E-state index in [-0.39, 0.29) is 15.4 Å². The SMILES string of the molecule is COC(=O)NC(C(=O)N1CCCC1(C)I)C(C)C. The van der Waals surface area contributed by atoms with Gasteiger partial charge in [0.15, 0.2) is 0 Å². The van der Waals surface area contributed by atoms with Gasteiger partial charge in [0.1, 0.15) is 6.04 Å². The van der Waals surface area contributed by atoms with Crippen LogP contribution in [-0.2, 0) is 9.53 Å². The van der Waals surface area contributed by atoms with Crippen molar-refractivity contribution in [2.45, 2.75) is 43.2 Å². The van der Waals surface area contributed by atoms with E-state index in [2.05, 4.69) is 32.6 Å². The number of carbonyl (C=O) groups excluding carboxylic acids is 2. The van der Waals surface area contributed by atoms with Crippen LogP contribution in [0.5, 0.6) is 0 Å². The van der Waals surface area contributed by atoms with Crippen molar-refractivity contribution in [3.8, 4) is 0 Å². The molecule has 0 bridgehead atoms. The molecule has 1 rings (SSSR count). The summed E-state index contributed by atoms with van der Waals surface area (Å²) in [6.45, 7) is 6.64. The third kappa shape index (κ3) is 3.49. The molecular formula is C12H21IN2O3. The van der Waals surface area contributed by atoms with Crippen LogP contribution in [0, 0.1) is 5.92 Å². The Kier molecular flexibility index (Phi) is 5.24. The zero-order valence-electron chi connectivity index (χ0n) is 11.3. The van der Waals surface area contributed by atoms with Gasteiger partial charge in [-0.25, -0.2) is 4.79 Å². The lowest BCUT2D eigenvalue weighted by atomic mass is 10.0. The van der Waals surface area contributed by atoms with Gasteiger partial charge in [0.2, 0.25) is 5.91 Å². The van der Waals surface area contributed by atoms with Crippen LogP contribution < -0.4 is 5.32 Å². The van der Waals surface area contributed by atoms with Gasteiger partial charge in [-0.15, -0.1) is 0 Å². The van der Waals surface area contributed by atoms with Crippen molar-refractivity contribution in [2.75, 3.05) is 13.7 Å². The molecule has 6 heteroatoms. The molecule has 1 aliphatic heterocycles. The number of alkyl halides is 1. The van der Waals surface area contributed by atoms with Crippen molar-refractivity contribution in [3.63, 3.8) is 0 Å². The fourth-order valence-electron chi connectivity index (χ4n) is 2.14. The Morgan fingerprint density at radius 2 is 2.06 bits per heavy atom. The highest BCUT2D eigenvalue weighted by atomic mass is 127. The highest BCUT2D eigenvalue weighted by Crippen LogP contribution is 2.35. The number of nitrogens with one attached hydrogen (secondary N) is 1. The van der Waals surface area contributed by atoms with Crippen LogP contribution in [0.25, 0.3) is 0 Å². The summed E-state index contributed by atoms with van der Waals surface area (Å²) < 4.78 is 4.42. The summed E-state index contributed by atoms with van der Waals surface area (Å²) in [6.07, 6.45) is 1.44. The molecule has 0 saturated carbocycles. The molecule has 18 heavy (non-hydrogen) atoms. The standard InChI is InChI=1S/C12H21IN2O3/c1-8(2)9(14-11(17)18-4)10(16)15-7-5-6-12(15,3)13/h8-9H,5-7H2,1-4H3,(H,14,17). The van der Waals surface area contributed by atoms with E-state index in [9.17, 15) is 9.59 Å². The molecule has 0 aliphatic carbocycles. The number of rotatable bonds is 3. The lowest BCUT2D eigenvalue weighted by molar-refractivity contribution is -0.135. The number of likely N-dealkylation sites (tertiary alicyclic amines) is 1. The molecule has 1 fully saturated rings. The Labute approximate surface area is 122 Å². The first kappa shape index (κ1) is 15.5. The van der Waals surface area contributed by atoms with E-state index in [4.69, 9.17) is 0 Å². The van der Waals surface area contributed by atoms with Crippen LogP contribution in [0.1, 0.15) is 33.6 Å². The summed E-state index contributed by atoms with van der Waals surface area (Å²) in [6, 6.07) is -0.523. The largest absolute Gasteiger partial charge is 0.453 e. The van der Waals surface area contributed by atoms with Gasteiger partial charge in [-0.2, -0.15) is 0 Å². The van der Waals surface area contributed by atoms with Crippen LogP contribution >= 0.6 is 22.6 Å². The Balaban J connectivity index is 2.80. The fourth-order valence-corrected chi connectivity index (χ4v) is 3.00. The Hall–Kier alpha value is -0.530. The van der Waals surface area contributed by atoms with Crippen molar-refractivity contribution in [1.82, 2.24) is 10.2 Å². The normalized spacial score (nSPS) is 25.1. The number of methoxy groups -OCH3 is 1. The molecule has 2 unspecified atom stereocenters. The number of hydrogen-bond acceptors (Lipinski definition) is 3. The maximum absolute atomic E-state index is 12.5. The van der Waals surface area contributed by atoms with E-state index in [1.165, 1.54) is 7.11 Å². The summed E-state index contributed by atoms with van der Waals surface area (Å²) in [7, 11) is 1.30. The van der Waals surface area contributed by atoms with Gasteiger partial charge in [-0.3, -0.25) is 4.79 Å². The number of ether oxygens (including phenoxy) is 1. The van der Waals surface area contributed by atoms with E-state index in [0.29, 0.717) is 0 Å². The highest BCUT2D eigenvalue weighted by Gasteiger charge is 2.41. The summed E-state index contributed by atoms with van der Waals surface area (Å²) in [5.74, 6) is 0.00852. The van der Waals surface area contributed by atoms with Crippen LogP contribution in [0.2, 0.25) is 0 Å². The third-order valence-electron chi connectivity index (χ3n) is 3.24. The Morgan fingerprint density at radius 1 is 1.44 bits per heavy atom. The Morgan fingerprint density at radius 3 is 2.44 bits per heavy atom. The molecule has 1 aliphatic rings. The number of alkyl carbamates (subject to hydrolysis) is 1. The minimum absolute atomic E-state index is 0.0233. The lowest BCUT2D eigenvalue weighted by Gasteiger charge is -2.34. The van der Waals surface area contributed by atoms with Gasteiger partial charge in [-0.05, 0) is 25.7 Å². The van der Waals surface area contributed by atoms with Gasteiger partial charge >= 0.3 is 6.09 Å². The number of carbonyl (C=O) groups is 2. The smallest absolute Gasteiger partial charge is 0.407 e. The van der Waals surface area contributed by atoms with Crippen LogP contribution in [0.4, 0.5) is 4.79 Å². The number of amides is 2. The number of halogens is 1. The van der Waals surface area contributed by atoms with Crippen molar-refractivity contribution in [3.05, 3.63) is 0 Å². The minimum Gasteiger partial charge on any atom is -0.453 e. The maximum atomic E-state index is 12.5.